The molecule has 23 heavy (non-hydrogen) atoms. The van der Waals surface area contributed by atoms with Crippen LogP contribution in [-0.4, -0.2) is 17.4 Å². The van der Waals surface area contributed by atoms with Crippen molar-refractivity contribution < 1.29 is 14.7 Å². The minimum absolute atomic E-state index is 0.00826. The molecule has 0 aromatic carbocycles. The SMILES string of the molecule is CC(=CC(=O)O)CCC1(C)C(C)CCC2(C)C(C=O)=CCCC21. The van der Waals surface area contributed by atoms with E-state index in [1.165, 1.54) is 6.08 Å². The molecule has 2 aliphatic rings. The molecule has 0 aliphatic heterocycles. The molecule has 0 heterocycles. The third-order valence-electron chi connectivity index (χ3n) is 6.82. The summed E-state index contributed by atoms with van der Waals surface area (Å²) in [5.74, 6) is 0.240. The molecule has 0 saturated heterocycles. The van der Waals surface area contributed by atoms with E-state index in [1.807, 2.05) is 6.92 Å². The van der Waals surface area contributed by atoms with E-state index in [9.17, 15) is 9.59 Å². The molecular formula is C20H30O3. The molecule has 0 spiro atoms. The van der Waals surface area contributed by atoms with Crippen LogP contribution in [0.25, 0.3) is 0 Å². The molecular weight excluding hydrogens is 288 g/mol. The molecule has 0 bridgehead atoms. The minimum Gasteiger partial charge on any atom is -0.478 e. The monoisotopic (exact) mass is 318 g/mol. The van der Waals surface area contributed by atoms with E-state index < -0.39 is 5.97 Å². The third-order valence-corrected chi connectivity index (χ3v) is 6.82. The Labute approximate surface area is 139 Å². The van der Waals surface area contributed by atoms with Crippen LogP contribution in [0.5, 0.6) is 0 Å². The van der Waals surface area contributed by atoms with Gasteiger partial charge in [0.05, 0.1) is 0 Å². The molecule has 2 rings (SSSR count). The predicted molar refractivity (Wildman–Crippen MR) is 92.1 cm³/mol. The molecule has 3 heteroatoms. The van der Waals surface area contributed by atoms with Gasteiger partial charge in [-0.2, -0.15) is 0 Å². The van der Waals surface area contributed by atoms with E-state index >= 15 is 0 Å². The zero-order valence-electron chi connectivity index (χ0n) is 14.9. The second-order valence-electron chi connectivity index (χ2n) is 8.10. The van der Waals surface area contributed by atoms with Crippen molar-refractivity contribution in [2.45, 2.75) is 66.2 Å². The van der Waals surface area contributed by atoms with Crippen LogP contribution in [0.15, 0.2) is 23.3 Å². The summed E-state index contributed by atoms with van der Waals surface area (Å²) in [6.07, 6.45) is 10.7. The maximum Gasteiger partial charge on any atom is 0.328 e. The molecule has 1 saturated carbocycles. The fourth-order valence-electron chi connectivity index (χ4n) is 5.08. The molecule has 0 radical (unpaired) electrons. The molecule has 4 atom stereocenters. The summed E-state index contributed by atoms with van der Waals surface area (Å²) in [7, 11) is 0. The highest BCUT2D eigenvalue weighted by atomic mass is 16.4. The summed E-state index contributed by atoms with van der Waals surface area (Å²) >= 11 is 0. The van der Waals surface area contributed by atoms with Gasteiger partial charge in [0.1, 0.15) is 6.29 Å². The van der Waals surface area contributed by atoms with Crippen molar-refractivity contribution in [3.63, 3.8) is 0 Å². The molecule has 0 amide bonds. The fraction of sp³-hybridized carbons (Fsp3) is 0.700. The standard InChI is InChI=1S/C20H30O3/c1-14(12-18(22)23)8-10-19(3)15(2)9-11-20(4)16(13-21)6-5-7-17(19)20/h6,12-13,15,17H,5,7-11H2,1-4H3,(H,22,23). The number of carboxylic acids is 1. The summed E-state index contributed by atoms with van der Waals surface area (Å²) in [5, 5.41) is 8.91. The first-order valence-corrected chi connectivity index (χ1v) is 8.80. The van der Waals surface area contributed by atoms with Crippen molar-refractivity contribution in [2.75, 3.05) is 0 Å². The van der Waals surface area contributed by atoms with Crippen molar-refractivity contribution in [1.29, 1.82) is 0 Å². The fourth-order valence-corrected chi connectivity index (χ4v) is 5.08. The van der Waals surface area contributed by atoms with Gasteiger partial charge < -0.3 is 5.11 Å². The molecule has 3 nitrogen and oxygen atoms in total. The summed E-state index contributed by atoms with van der Waals surface area (Å²) in [4.78, 5) is 22.4. The zero-order valence-corrected chi connectivity index (χ0v) is 14.9. The molecule has 1 fully saturated rings. The van der Waals surface area contributed by atoms with E-state index in [2.05, 4.69) is 26.8 Å². The van der Waals surface area contributed by atoms with Crippen LogP contribution < -0.4 is 0 Å². The van der Waals surface area contributed by atoms with Crippen LogP contribution in [0.1, 0.15) is 66.2 Å². The minimum atomic E-state index is -0.863. The lowest BCUT2D eigenvalue weighted by atomic mass is 9.47. The number of aldehydes is 1. The van der Waals surface area contributed by atoms with Crippen molar-refractivity contribution in [3.8, 4) is 0 Å². The van der Waals surface area contributed by atoms with Crippen molar-refractivity contribution in [1.82, 2.24) is 0 Å². The highest BCUT2D eigenvalue weighted by molar-refractivity contribution is 5.80. The molecule has 4 unspecified atom stereocenters. The number of allylic oxidation sites excluding steroid dienone is 3. The number of aliphatic carboxylic acids is 1. The summed E-state index contributed by atoms with van der Waals surface area (Å²) in [5.41, 5.74) is 2.07. The van der Waals surface area contributed by atoms with Crippen molar-refractivity contribution in [3.05, 3.63) is 23.3 Å². The van der Waals surface area contributed by atoms with Crippen LogP contribution in [-0.2, 0) is 9.59 Å². The Kier molecular flexibility index (Phi) is 5.17. The zero-order chi connectivity index (χ0) is 17.3. The first kappa shape index (κ1) is 18.0. The Morgan fingerprint density at radius 3 is 2.70 bits per heavy atom. The predicted octanol–water partition coefficient (Wildman–Crippen LogP) is 4.78. The lowest BCUT2D eigenvalue weighted by Gasteiger charge is -2.57. The number of hydrogen-bond acceptors (Lipinski definition) is 2. The Hall–Kier alpha value is -1.38. The van der Waals surface area contributed by atoms with Gasteiger partial charge in [0.25, 0.3) is 0 Å². The summed E-state index contributed by atoms with van der Waals surface area (Å²) < 4.78 is 0. The average molecular weight is 318 g/mol. The van der Waals surface area contributed by atoms with Crippen LogP contribution in [0, 0.1) is 22.7 Å². The molecule has 1 N–H and O–H groups in total. The quantitative estimate of drug-likeness (QED) is 0.586. The number of rotatable bonds is 5. The molecule has 128 valence electrons. The Balaban J connectivity index is 2.26. The topological polar surface area (TPSA) is 54.4 Å². The third kappa shape index (κ3) is 3.29. The van der Waals surface area contributed by atoms with E-state index in [0.717, 1.165) is 56.0 Å². The van der Waals surface area contributed by atoms with Gasteiger partial charge in [-0.1, -0.05) is 32.4 Å². The van der Waals surface area contributed by atoms with Crippen LogP contribution in [0.4, 0.5) is 0 Å². The Bertz CT molecular complexity index is 545. The van der Waals surface area contributed by atoms with Gasteiger partial charge in [0.2, 0.25) is 0 Å². The van der Waals surface area contributed by atoms with Crippen LogP contribution in [0.3, 0.4) is 0 Å². The van der Waals surface area contributed by atoms with E-state index in [-0.39, 0.29) is 10.8 Å². The van der Waals surface area contributed by atoms with Gasteiger partial charge in [-0.25, -0.2) is 4.79 Å². The molecule has 0 aromatic heterocycles. The van der Waals surface area contributed by atoms with Gasteiger partial charge in [0.15, 0.2) is 0 Å². The number of carboxylic acid groups (broad SMARTS) is 1. The molecule has 0 aromatic rings. The number of hydrogen-bond donors (Lipinski definition) is 1. The number of carbonyl (C=O) groups is 2. The largest absolute Gasteiger partial charge is 0.478 e. The van der Waals surface area contributed by atoms with E-state index in [0.29, 0.717) is 11.8 Å². The lowest BCUT2D eigenvalue weighted by molar-refractivity contribution is -0.131. The normalized spacial score (nSPS) is 37.7. The molecule has 2 aliphatic carbocycles. The Morgan fingerprint density at radius 1 is 1.39 bits per heavy atom. The maximum atomic E-state index is 11.6. The van der Waals surface area contributed by atoms with Crippen molar-refractivity contribution in [2.24, 2.45) is 22.7 Å². The summed E-state index contributed by atoms with van der Waals surface area (Å²) in [6, 6.07) is 0. The van der Waals surface area contributed by atoms with Gasteiger partial charge >= 0.3 is 5.97 Å². The second kappa shape index (κ2) is 6.62. The van der Waals surface area contributed by atoms with Crippen LogP contribution >= 0.6 is 0 Å². The average Bonchev–Trinajstić information content (AvgIpc) is 2.48. The van der Waals surface area contributed by atoms with Gasteiger partial charge in [-0.05, 0) is 73.7 Å². The van der Waals surface area contributed by atoms with E-state index in [4.69, 9.17) is 5.11 Å². The van der Waals surface area contributed by atoms with E-state index in [1.54, 1.807) is 0 Å². The smallest absolute Gasteiger partial charge is 0.328 e. The van der Waals surface area contributed by atoms with Crippen molar-refractivity contribution >= 4 is 12.3 Å². The van der Waals surface area contributed by atoms with Gasteiger partial charge in [0, 0.05) is 6.08 Å². The van der Waals surface area contributed by atoms with Crippen LogP contribution in [0.2, 0.25) is 0 Å². The maximum absolute atomic E-state index is 11.6. The first-order chi connectivity index (χ1) is 10.7. The second-order valence-corrected chi connectivity index (χ2v) is 8.10. The highest BCUT2D eigenvalue weighted by Crippen LogP contribution is 2.61. The Morgan fingerprint density at radius 2 is 2.09 bits per heavy atom. The number of fused-ring (bicyclic) bond motifs is 1. The van der Waals surface area contributed by atoms with Gasteiger partial charge in [-0.15, -0.1) is 0 Å². The first-order valence-electron chi connectivity index (χ1n) is 8.80. The highest BCUT2D eigenvalue weighted by Gasteiger charge is 2.53. The van der Waals surface area contributed by atoms with Gasteiger partial charge in [-0.3, -0.25) is 4.79 Å². The number of carbonyl (C=O) groups excluding carboxylic acids is 1. The summed E-state index contributed by atoms with van der Waals surface area (Å²) in [6.45, 7) is 8.86. The lowest BCUT2D eigenvalue weighted by Crippen LogP contribution is -2.50.